The maximum atomic E-state index is 12.2. The van der Waals surface area contributed by atoms with Crippen molar-refractivity contribution in [1.29, 1.82) is 0 Å². The minimum atomic E-state index is -0.406. The number of pyridine rings is 1. The summed E-state index contributed by atoms with van der Waals surface area (Å²) in [7, 11) is 0. The summed E-state index contributed by atoms with van der Waals surface area (Å²) < 4.78 is 7.17. The van der Waals surface area contributed by atoms with Gasteiger partial charge in [0.05, 0.1) is 11.6 Å². The molecule has 128 valence electrons. The summed E-state index contributed by atoms with van der Waals surface area (Å²) in [5, 5.41) is 4.56. The number of carbonyl (C=O) groups is 1. The van der Waals surface area contributed by atoms with Crippen LogP contribution in [0.2, 0.25) is 5.15 Å². The largest absolute Gasteiger partial charge is 0.460 e. The Morgan fingerprint density at radius 2 is 2.20 bits per heavy atom. The molecule has 0 spiro atoms. The molecule has 1 saturated heterocycles. The molecule has 1 fully saturated rings. The van der Waals surface area contributed by atoms with E-state index in [-0.39, 0.29) is 6.04 Å². The molecular weight excluding hydrogens is 344 g/mol. The predicted molar refractivity (Wildman–Crippen MR) is 90.7 cm³/mol. The average molecular weight is 359 g/mol. The van der Waals surface area contributed by atoms with Crippen LogP contribution >= 0.6 is 11.6 Å². The first-order valence-electron chi connectivity index (χ1n) is 7.92. The maximum Gasteiger partial charge on any atom is 0.339 e. The molecule has 4 heterocycles. The molecule has 0 aromatic carbocycles. The fourth-order valence-corrected chi connectivity index (χ4v) is 3.12. The molecular formula is C16H15ClN6O2. The highest BCUT2D eigenvalue weighted by Crippen LogP contribution is 2.25. The van der Waals surface area contributed by atoms with Crippen molar-refractivity contribution in [3.63, 3.8) is 0 Å². The Kier molecular flexibility index (Phi) is 4.19. The van der Waals surface area contributed by atoms with Crippen molar-refractivity contribution in [2.75, 3.05) is 18.1 Å². The Hall–Kier alpha value is -2.74. The zero-order valence-electron chi connectivity index (χ0n) is 13.2. The molecule has 0 bridgehead atoms. The fourth-order valence-electron chi connectivity index (χ4n) is 3.01. The van der Waals surface area contributed by atoms with E-state index in [4.69, 9.17) is 16.3 Å². The van der Waals surface area contributed by atoms with Crippen LogP contribution < -0.4 is 4.90 Å². The summed E-state index contributed by atoms with van der Waals surface area (Å²) in [5.74, 6) is 1.04. The minimum Gasteiger partial charge on any atom is -0.460 e. The Bertz CT molecular complexity index is 897. The molecule has 3 aromatic rings. The van der Waals surface area contributed by atoms with Gasteiger partial charge in [-0.25, -0.2) is 14.8 Å². The monoisotopic (exact) mass is 358 g/mol. The Balaban J connectivity index is 1.48. The number of hydrogen-bond acceptors (Lipinski definition) is 7. The second-order valence-electron chi connectivity index (χ2n) is 5.73. The number of rotatable bonds is 4. The number of ether oxygens (including phenoxy) is 1. The number of anilines is 1. The van der Waals surface area contributed by atoms with Crippen LogP contribution in [-0.2, 0) is 4.74 Å². The van der Waals surface area contributed by atoms with E-state index in [1.54, 1.807) is 22.8 Å². The molecule has 8 nitrogen and oxygen atoms in total. The van der Waals surface area contributed by atoms with Gasteiger partial charge < -0.3 is 9.64 Å². The minimum absolute atomic E-state index is 0.0824. The number of hydrogen-bond donors (Lipinski definition) is 0. The summed E-state index contributed by atoms with van der Waals surface area (Å²) in [6, 6.07) is 5.15. The Morgan fingerprint density at radius 3 is 3.04 bits per heavy atom. The van der Waals surface area contributed by atoms with E-state index in [9.17, 15) is 4.79 Å². The van der Waals surface area contributed by atoms with E-state index >= 15 is 0 Å². The number of nitrogens with zero attached hydrogens (tertiary/aromatic N) is 6. The van der Waals surface area contributed by atoms with Gasteiger partial charge in [-0.2, -0.15) is 14.6 Å². The van der Waals surface area contributed by atoms with E-state index in [0.717, 1.165) is 25.2 Å². The Morgan fingerprint density at radius 1 is 1.28 bits per heavy atom. The van der Waals surface area contributed by atoms with Crippen LogP contribution in [0.25, 0.3) is 5.78 Å². The van der Waals surface area contributed by atoms with Crippen molar-refractivity contribution < 1.29 is 9.53 Å². The van der Waals surface area contributed by atoms with Crippen LogP contribution in [0.15, 0.2) is 36.9 Å². The standard InChI is InChI=1S/C16H15ClN6O2/c17-13-4-3-11(8-19-13)15(24)25-9-12-2-1-7-22(12)14-5-6-18-16-20-10-21-23(14)16/h3-6,8,10,12H,1-2,7,9H2/t12-/m1/s1. The lowest BCUT2D eigenvalue weighted by Gasteiger charge is -2.26. The topological polar surface area (TPSA) is 85.5 Å². The maximum absolute atomic E-state index is 12.2. The van der Waals surface area contributed by atoms with Crippen molar-refractivity contribution in [2.45, 2.75) is 18.9 Å². The number of halogens is 1. The quantitative estimate of drug-likeness (QED) is 0.520. The fraction of sp³-hybridized carbons (Fsp3) is 0.312. The van der Waals surface area contributed by atoms with Crippen LogP contribution in [0.4, 0.5) is 5.82 Å². The predicted octanol–water partition coefficient (Wildman–Crippen LogP) is 2.00. The second-order valence-corrected chi connectivity index (χ2v) is 6.12. The molecule has 0 radical (unpaired) electrons. The third-order valence-electron chi connectivity index (χ3n) is 4.20. The highest BCUT2D eigenvalue weighted by atomic mass is 35.5. The van der Waals surface area contributed by atoms with Crippen LogP contribution in [0.5, 0.6) is 0 Å². The smallest absolute Gasteiger partial charge is 0.339 e. The molecule has 0 N–H and O–H groups in total. The molecule has 0 unspecified atom stereocenters. The summed E-state index contributed by atoms with van der Waals surface area (Å²) >= 11 is 5.73. The third-order valence-corrected chi connectivity index (χ3v) is 4.43. The molecule has 4 rings (SSSR count). The van der Waals surface area contributed by atoms with Gasteiger partial charge in [-0.1, -0.05) is 11.6 Å². The van der Waals surface area contributed by atoms with Gasteiger partial charge in [-0.3, -0.25) is 0 Å². The third kappa shape index (κ3) is 3.12. The van der Waals surface area contributed by atoms with E-state index in [0.29, 0.717) is 23.1 Å². The highest BCUT2D eigenvalue weighted by molar-refractivity contribution is 6.29. The van der Waals surface area contributed by atoms with Crippen molar-refractivity contribution in [3.05, 3.63) is 47.6 Å². The molecule has 9 heteroatoms. The van der Waals surface area contributed by atoms with Crippen molar-refractivity contribution in [1.82, 2.24) is 24.6 Å². The van der Waals surface area contributed by atoms with Gasteiger partial charge >= 0.3 is 5.97 Å². The SMILES string of the molecule is O=C(OC[C@H]1CCCN1c1ccnc2ncnn12)c1ccc(Cl)nc1. The van der Waals surface area contributed by atoms with Gasteiger partial charge in [-0.05, 0) is 31.0 Å². The molecule has 25 heavy (non-hydrogen) atoms. The molecule has 0 saturated carbocycles. The molecule has 1 aliphatic heterocycles. The second kappa shape index (κ2) is 6.64. The number of fused-ring (bicyclic) bond motifs is 1. The van der Waals surface area contributed by atoms with Gasteiger partial charge in [0.2, 0.25) is 0 Å². The van der Waals surface area contributed by atoms with Crippen molar-refractivity contribution in [3.8, 4) is 0 Å². The van der Waals surface area contributed by atoms with Crippen LogP contribution in [0.1, 0.15) is 23.2 Å². The lowest BCUT2D eigenvalue weighted by molar-refractivity contribution is 0.0482. The van der Waals surface area contributed by atoms with Gasteiger partial charge in [0.25, 0.3) is 5.78 Å². The summed E-state index contributed by atoms with van der Waals surface area (Å²) in [4.78, 5) is 26.5. The van der Waals surface area contributed by atoms with E-state index in [1.807, 2.05) is 6.07 Å². The summed E-state index contributed by atoms with van der Waals surface area (Å²) in [5.41, 5.74) is 0.386. The number of aromatic nitrogens is 5. The zero-order chi connectivity index (χ0) is 17.2. The average Bonchev–Trinajstić information content (AvgIpc) is 3.29. The van der Waals surface area contributed by atoms with Gasteiger partial charge in [0.1, 0.15) is 23.9 Å². The van der Waals surface area contributed by atoms with E-state index in [1.165, 1.54) is 12.5 Å². The number of carbonyl (C=O) groups excluding carboxylic acids is 1. The van der Waals surface area contributed by atoms with Gasteiger partial charge in [-0.15, -0.1) is 0 Å². The van der Waals surface area contributed by atoms with Crippen molar-refractivity contribution >= 4 is 29.2 Å². The normalized spacial score (nSPS) is 17.2. The molecule has 3 aromatic heterocycles. The Labute approximate surface area is 148 Å². The van der Waals surface area contributed by atoms with E-state index < -0.39 is 5.97 Å². The van der Waals surface area contributed by atoms with Crippen LogP contribution in [-0.4, -0.2) is 49.7 Å². The van der Waals surface area contributed by atoms with Gasteiger partial charge in [0.15, 0.2) is 0 Å². The van der Waals surface area contributed by atoms with Crippen molar-refractivity contribution in [2.24, 2.45) is 0 Å². The first-order valence-corrected chi connectivity index (χ1v) is 8.30. The summed E-state index contributed by atoms with van der Waals surface area (Å²) in [6.45, 7) is 1.16. The van der Waals surface area contributed by atoms with Gasteiger partial charge in [0, 0.05) is 18.9 Å². The molecule has 0 aliphatic carbocycles. The summed E-state index contributed by atoms with van der Waals surface area (Å²) in [6.07, 6.45) is 6.55. The molecule has 1 aliphatic rings. The zero-order valence-corrected chi connectivity index (χ0v) is 14.0. The molecule has 1 atom stereocenters. The number of esters is 1. The lowest BCUT2D eigenvalue weighted by atomic mass is 10.2. The lowest BCUT2D eigenvalue weighted by Crippen LogP contribution is -2.35. The highest BCUT2D eigenvalue weighted by Gasteiger charge is 2.28. The molecule has 0 amide bonds. The first kappa shape index (κ1) is 15.8. The van der Waals surface area contributed by atoms with Crippen LogP contribution in [0.3, 0.4) is 0 Å². The first-order chi connectivity index (χ1) is 12.2. The van der Waals surface area contributed by atoms with E-state index in [2.05, 4.69) is 25.0 Å². The van der Waals surface area contributed by atoms with Crippen LogP contribution in [0, 0.1) is 0 Å².